The van der Waals surface area contributed by atoms with Gasteiger partial charge >= 0.3 is 5.97 Å². The molecule has 6 nitrogen and oxygen atoms in total. The number of ether oxygens (including phenoxy) is 1. The van der Waals surface area contributed by atoms with Crippen molar-refractivity contribution in [3.8, 4) is 0 Å². The quantitative estimate of drug-likeness (QED) is 0.620. The zero-order valence-corrected chi connectivity index (χ0v) is 18.5. The topological polar surface area (TPSA) is 62.2 Å². The molecule has 8 heteroatoms. The highest BCUT2D eigenvalue weighted by Crippen LogP contribution is 2.33. The van der Waals surface area contributed by atoms with E-state index < -0.39 is 0 Å². The van der Waals surface area contributed by atoms with Crippen LogP contribution in [-0.2, 0) is 14.3 Å². The number of halogens is 2. The average Bonchev–Trinajstić information content (AvgIpc) is 3.26. The molecule has 4 rings (SSSR count). The molecule has 1 fully saturated rings. The van der Waals surface area contributed by atoms with Gasteiger partial charge in [-0.15, -0.1) is 0 Å². The van der Waals surface area contributed by atoms with Gasteiger partial charge in [0.25, 0.3) is 5.91 Å². The standard InChI is InChI=1S/C25H27F2N3O3/c1-2-33-25(32)19-11-13-29(14-12-19)16-24(31)30-23(18-5-9-21(27)10-6-18)15-22(28-30)17-3-7-20(26)8-4-17/h3-10,19,23H,2,11-16H2,1H3. The predicted molar refractivity (Wildman–Crippen MR) is 119 cm³/mol. The molecule has 0 saturated carbocycles. The molecule has 1 unspecified atom stereocenters. The van der Waals surface area contributed by atoms with Crippen LogP contribution < -0.4 is 0 Å². The van der Waals surface area contributed by atoms with Gasteiger partial charge in [-0.2, -0.15) is 5.10 Å². The number of rotatable bonds is 6. The summed E-state index contributed by atoms with van der Waals surface area (Å²) in [4.78, 5) is 27.3. The Hall–Kier alpha value is -3.13. The number of hydrogen-bond donors (Lipinski definition) is 0. The Morgan fingerprint density at radius 2 is 1.61 bits per heavy atom. The van der Waals surface area contributed by atoms with Crippen LogP contribution in [-0.4, -0.2) is 53.7 Å². The minimum Gasteiger partial charge on any atom is -0.466 e. The second-order valence-electron chi connectivity index (χ2n) is 8.37. The van der Waals surface area contributed by atoms with Gasteiger partial charge in [-0.1, -0.05) is 24.3 Å². The molecule has 1 amide bonds. The number of hydrazone groups is 1. The third-order valence-electron chi connectivity index (χ3n) is 6.16. The molecule has 0 bridgehead atoms. The van der Waals surface area contributed by atoms with Crippen LogP contribution in [0.1, 0.15) is 43.4 Å². The fraction of sp³-hybridized carbons (Fsp3) is 0.400. The average molecular weight is 456 g/mol. The molecule has 1 saturated heterocycles. The maximum absolute atomic E-state index is 13.5. The molecule has 2 aromatic rings. The van der Waals surface area contributed by atoms with Crippen molar-refractivity contribution in [2.75, 3.05) is 26.2 Å². The maximum atomic E-state index is 13.5. The SMILES string of the molecule is CCOC(=O)C1CCN(CC(=O)N2N=C(c3ccc(F)cc3)CC2c2ccc(F)cc2)CC1. The second kappa shape index (κ2) is 10.2. The van der Waals surface area contributed by atoms with Crippen molar-refractivity contribution in [3.63, 3.8) is 0 Å². The Morgan fingerprint density at radius 1 is 1.00 bits per heavy atom. The van der Waals surface area contributed by atoms with Crippen LogP contribution in [0.3, 0.4) is 0 Å². The third kappa shape index (κ3) is 5.45. The largest absolute Gasteiger partial charge is 0.466 e. The van der Waals surface area contributed by atoms with Gasteiger partial charge < -0.3 is 4.74 Å². The molecule has 2 heterocycles. The van der Waals surface area contributed by atoms with Crippen LogP contribution in [0.4, 0.5) is 8.78 Å². The molecule has 2 aliphatic rings. The first-order valence-corrected chi connectivity index (χ1v) is 11.2. The smallest absolute Gasteiger partial charge is 0.309 e. The van der Waals surface area contributed by atoms with Gasteiger partial charge in [0.05, 0.1) is 30.8 Å². The molecule has 0 spiro atoms. The first kappa shape index (κ1) is 23.0. The molecule has 2 aliphatic heterocycles. The lowest BCUT2D eigenvalue weighted by atomic mass is 9.97. The molecule has 33 heavy (non-hydrogen) atoms. The summed E-state index contributed by atoms with van der Waals surface area (Å²) in [5.41, 5.74) is 2.21. The first-order chi connectivity index (χ1) is 15.9. The van der Waals surface area contributed by atoms with E-state index in [0.29, 0.717) is 44.7 Å². The summed E-state index contributed by atoms with van der Waals surface area (Å²) in [6.45, 7) is 3.58. The van der Waals surface area contributed by atoms with Crippen molar-refractivity contribution in [3.05, 3.63) is 71.3 Å². The summed E-state index contributed by atoms with van der Waals surface area (Å²) in [5.74, 6) is -1.16. The minimum atomic E-state index is -0.366. The summed E-state index contributed by atoms with van der Waals surface area (Å²) >= 11 is 0. The Kier molecular flexibility index (Phi) is 7.13. The zero-order valence-electron chi connectivity index (χ0n) is 18.5. The number of benzene rings is 2. The molecule has 0 aliphatic carbocycles. The van der Waals surface area contributed by atoms with E-state index in [4.69, 9.17) is 4.74 Å². The third-order valence-corrected chi connectivity index (χ3v) is 6.16. The number of carbonyl (C=O) groups is 2. The van der Waals surface area contributed by atoms with Crippen molar-refractivity contribution >= 4 is 17.6 Å². The molecule has 1 atom stereocenters. The second-order valence-corrected chi connectivity index (χ2v) is 8.37. The number of esters is 1. The molecular formula is C25H27F2N3O3. The van der Waals surface area contributed by atoms with Gasteiger partial charge in [0.2, 0.25) is 0 Å². The Morgan fingerprint density at radius 3 is 2.21 bits per heavy atom. The number of piperidine rings is 1. The highest BCUT2D eigenvalue weighted by Gasteiger charge is 2.35. The minimum absolute atomic E-state index is 0.127. The Balaban J connectivity index is 1.48. The van der Waals surface area contributed by atoms with Gasteiger partial charge in [0.15, 0.2) is 0 Å². The number of amides is 1. The van der Waals surface area contributed by atoms with Gasteiger partial charge in [0.1, 0.15) is 11.6 Å². The monoisotopic (exact) mass is 455 g/mol. The lowest BCUT2D eigenvalue weighted by Crippen LogP contribution is -2.43. The van der Waals surface area contributed by atoms with E-state index >= 15 is 0 Å². The zero-order chi connectivity index (χ0) is 23.4. The number of likely N-dealkylation sites (tertiary alicyclic amines) is 1. The van der Waals surface area contributed by atoms with E-state index in [-0.39, 0.29) is 42.0 Å². The number of carbonyl (C=O) groups excluding carboxylic acids is 2. The summed E-state index contributed by atoms with van der Waals surface area (Å²) in [6.07, 6.45) is 1.75. The van der Waals surface area contributed by atoms with E-state index in [1.807, 2.05) is 4.90 Å². The van der Waals surface area contributed by atoms with Crippen LogP contribution in [0.2, 0.25) is 0 Å². The predicted octanol–water partition coefficient (Wildman–Crippen LogP) is 3.92. The van der Waals surface area contributed by atoms with Crippen LogP contribution >= 0.6 is 0 Å². The lowest BCUT2D eigenvalue weighted by Gasteiger charge is -2.31. The van der Waals surface area contributed by atoms with Gasteiger partial charge in [-0.3, -0.25) is 14.5 Å². The summed E-state index contributed by atoms with van der Waals surface area (Å²) in [7, 11) is 0. The van der Waals surface area contributed by atoms with Crippen molar-refractivity contribution in [2.45, 2.75) is 32.2 Å². The van der Waals surface area contributed by atoms with Crippen molar-refractivity contribution in [1.29, 1.82) is 0 Å². The summed E-state index contributed by atoms with van der Waals surface area (Å²) in [5, 5.41) is 6.05. The van der Waals surface area contributed by atoms with Crippen molar-refractivity contribution in [1.82, 2.24) is 9.91 Å². The summed E-state index contributed by atoms with van der Waals surface area (Å²) in [6, 6.07) is 11.7. The molecule has 2 aromatic carbocycles. The molecular weight excluding hydrogens is 428 g/mol. The van der Waals surface area contributed by atoms with E-state index in [1.54, 1.807) is 31.2 Å². The van der Waals surface area contributed by atoms with Gasteiger partial charge in [-0.25, -0.2) is 13.8 Å². The maximum Gasteiger partial charge on any atom is 0.309 e. The van der Waals surface area contributed by atoms with Crippen LogP contribution in [0.5, 0.6) is 0 Å². The van der Waals surface area contributed by atoms with Crippen LogP contribution in [0.15, 0.2) is 53.6 Å². The highest BCUT2D eigenvalue weighted by atomic mass is 19.1. The molecule has 0 N–H and O–H groups in total. The number of hydrogen-bond acceptors (Lipinski definition) is 5. The molecule has 0 aromatic heterocycles. The fourth-order valence-electron chi connectivity index (χ4n) is 4.35. The van der Waals surface area contributed by atoms with Crippen molar-refractivity contribution in [2.24, 2.45) is 11.0 Å². The van der Waals surface area contributed by atoms with Crippen LogP contribution in [0, 0.1) is 17.6 Å². The van der Waals surface area contributed by atoms with E-state index in [2.05, 4.69) is 5.10 Å². The Bertz CT molecular complexity index is 1020. The summed E-state index contributed by atoms with van der Waals surface area (Å²) < 4.78 is 31.9. The molecule has 0 radical (unpaired) electrons. The van der Waals surface area contributed by atoms with Gasteiger partial charge in [-0.05, 0) is 68.2 Å². The Labute approximate surface area is 191 Å². The van der Waals surface area contributed by atoms with E-state index in [9.17, 15) is 18.4 Å². The normalized spacial score (nSPS) is 19.4. The van der Waals surface area contributed by atoms with E-state index in [1.165, 1.54) is 29.3 Å². The lowest BCUT2D eigenvalue weighted by molar-refractivity contribution is -0.149. The fourth-order valence-corrected chi connectivity index (χ4v) is 4.35. The van der Waals surface area contributed by atoms with Crippen LogP contribution in [0.25, 0.3) is 0 Å². The van der Waals surface area contributed by atoms with Gasteiger partial charge in [0, 0.05) is 6.42 Å². The first-order valence-electron chi connectivity index (χ1n) is 11.2. The molecule has 174 valence electrons. The van der Waals surface area contributed by atoms with E-state index in [0.717, 1.165) is 11.1 Å². The number of nitrogens with zero attached hydrogens (tertiary/aromatic N) is 3. The van der Waals surface area contributed by atoms with Crippen molar-refractivity contribution < 1.29 is 23.1 Å². The highest BCUT2D eigenvalue weighted by molar-refractivity contribution is 6.03.